The van der Waals surface area contributed by atoms with E-state index < -0.39 is 0 Å². The lowest BCUT2D eigenvalue weighted by molar-refractivity contribution is 0.644. The molecule has 0 saturated heterocycles. The molecule has 19 heavy (non-hydrogen) atoms. The third-order valence-electron chi connectivity index (χ3n) is 2.85. The van der Waals surface area contributed by atoms with Gasteiger partial charge in [-0.2, -0.15) is 0 Å². The van der Waals surface area contributed by atoms with Crippen LogP contribution in [0.15, 0.2) is 33.3 Å². The molecule has 0 spiro atoms. The van der Waals surface area contributed by atoms with Gasteiger partial charge in [-0.15, -0.1) is 5.10 Å². The van der Waals surface area contributed by atoms with Gasteiger partial charge >= 0.3 is 5.69 Å². The summed E-state index contributed by atoms with van der Waals surface area (Å²) in [5, 5.41) is 7.71. The number of pyridine rings is 1. The van der Waals surface area contributed by atoms with Gasteiger partial charge in [0, 0.05) is 19.3 Å². The molecule has 0 aliphatic rings. The average molecular weight is 279 g/mol. The van der Waals surface area contributed by atoms with Crippen LogP contribution in [0.5, 0.6) is 0 Å². The van der Waals surface area contributed by atoms with E-state index in [1.165, 1.54) is 16.3 Å². The van der Waals surface area contributed by atoms with Gasteiger partial charge in [-0.1, -0.05) is 13.0 Å². The van der Waals surface area contributed by atoms with Crippen molar-refractivity contribution in [1.29, 1.82) is 0 Å². The van der Waals surface area contributed by atoms with Crippen LogP contribution < -0.4 is 11.4 Å². The number of hydrogen-bond donors (Lipinski definition) is 2. The van der Waals surface area contributed by atoms with E-state index in [-0.39, 0.29) is 11.7 Å². The molecule has 0 aromatic carbocycles. The minimum absolute atomic E-state index is 0.174. The van der Waals surface area contributed by atoms with Gasteiger partial charge in [0.2, 0.25) is 0 Å². The summed E-state index contributed by atoms with van der Waals surface area (Å²) < 4.78 is 1.45. The quantitative estimate of drug-likeness (QED) is 0.850. The molecular weight excluding hydrogens is 262 g/mol. The van der Waals surface area contributed by atoms with E-state index in [0.29, 0.717) is 5.16 Å². The molecule has 3 N–H and O–H groups in total. The lowest BCUT2D eigenvalue weighted by atomic mass is 10.1. The van der Waals surface area contributed by atoms with Crippen molar-refractivity contribution in [2.45, 2.75) is 36.0 Å². The Labute approximate surface area is 115 Å². The molecular formula is C12H17N5OS. The number of rotatable bonds is 5. The van der Waals surface area contributed by atoms with E-state index in [0.717, 1.165) is 23.4 Å². The van der Waals surface area contributed by atoms with Gasteiger partial charge in [0.15, 0.2) is 5.16 Å². The van der Waals surface area contributed by atoms with Gasteiger partial charge in [-0.3, -0.25) is 4.57 Å². The third kappa shape index (κ3) is 3.45. The molecule has 2 heterocycles. The van der Waals surface area contributed by atoms with E-state index >= 15 is 0 Å². The van der Waals surface area contributed by atoms with Crippen LogP contribution in [0.2, 0.25) is 0 Å². The molecule has 102 valence electrons. The SMILES string of the molecule is CCC(N)Cc1ccc(Sc2n[nH]c(=O)n2C)nc1. The van der Waals surface area contributed by atoms with Gasteiger partial charge in [0.05, 0.1) is 0 Å². The first-order valence-corrected chi connectivity index (χ1v) is 6.91. The summed E-state index contributed by atoms with van der Waals surface area (Å²) in [5.41, 5.74) is 6.80. The highest BCUT2D eigenvalue weighted by molar-refractivity contribution is 7.99. The van der Waals surface area contributed by atoms with E-state index in [9.17, 15) is 4.79 Å². The maximum absolute atomic E-state index is 11.2. The number of H-pyrrole nitrogens is 1. The second kappa shape index (κ2) is 6.03. The molecule has 6 nitrogen and oxygen atoms in total. The predicted molar refractivity (Wildman–Crippen MR) is 74.2 cm³/mol. The summed E-state index contributed by atoms with van der Waals surface area (Å²) >= 11 is 1.35. The molecule has 0 aliphatic carbocycles. The number of aromatic amines is 1. The minimum Gasteiger partial charge on any atom is -0.327 e. The molecule has 2 rings (SSSR count). The summed E-state index contributed by atoms with van der Waals surface area (Å²) in [6, 6.07) is 4.10. The molecule has 0 fully saturated rings. The normalized spacial score (nSPS) is 12.6. The zero-order chi connectivity index (χ0) is 13.8. The van der Waals surface area contributed by atoms with Gasteiger partial charge < -0.3 is 5.73 Å². The monoisotopic (exact) mass is 279 g/mol. The summed E-state index contributed by atoms with van der Waals surface area (Å²) in [4.78, 5) is 15.6. The first-order chi connectivity index (χ1) is 9.10. The molecule has 0 bridgehead atoms. The molecule has 0 radical (unpaired) electrons. The number of nitrogens with two attached hydrogens (primary N) is 1. The van der Waals surface area contributed by atoms with Crippen molar-refractivity contribution in [2.24, 2.45) is 12.8 Å². The van der Waals surface area contributed by atoms with Crippen molar-refractivity contribution in [2.75, 3.05) is 0 Å². The number of aromatic nitrogens is 4. The molecule has 1 unspecified atom stereocenters. The molecule has 0 aliphatic heterocycles. The van der Waals surface area contributed by atoms with Crippen LogP contribution in [0.4, 0.5) is 0 Å². The van der Waals surface area contributed by atoms with Crippen LogP contribution in [-0.2, 0) is 13.5 Å². The fourth-order valence-corrected chi connectivity index (χ4v) is 2.30. The Morgan fingerprint density at radius 1 is 1.53 bits per heavy atom. The van der Waals surface area contributed by atoms with E-state index in [4.69, 9.17) is 5.73 Å². The Balaban J connectivity index is 2.06. The maximum atomic E-state index is 11.2. The largest absolute Gasteiger partial charge is 0.343 e. The van der Waals surface area contributed by atoms with Crippen molar-refractivity contribution in [3.05, 3.63) is 34.4 Å². The van der Waals surface area contributed by atoms with Crippen LogP contribution in [0.25, 0.3) is 0 Å². The zero-order valence-electron chi connectivity index (χ0n) is 11.0. The van der Waals surface area contributed by atoms with Gasteiger partial charge in [-0.05, 0) is 36.2 Å². The number of nitrogens with zero attached hydrogens (tertiary/aromatic N) is 3. The summed E-state index contributed by atoms with van der Waals surface area (Å²) in [6.07, 6.45) is 3.60. The fraction of sp³-hybridized carbons (Fsp3) is 0.417. The Hall–Kier alpha value is -1.60. The highest BCUT2D eigenvalue weighted by Crippen LogP contribution is 2.22. The smallest absolute Gasteiger partial charge is 0.327 e. The average Bonchev–Trinajstić information content (AvgIpc) is 2.73. The summed E-state index contributed by atoms with van der Waals surface area (Å²) in [5.74, 6) is 0. The Kier molecular flexibility index (Phi) is 4.39. The van der Waals surface area contributed by atoms with E-state index in [2.05, 4.69) is 22.1 Å². The van der Waals surface area contributed by atoms with Crippen molar-refractivity contribution >= 4 is 11.8 Å². The van der Waals surface area contributed by atoms with Crippen LogP contribution >= 0.6 is 11.8 Å². The predicted octanol–water partition coefficient (Wildman–Crippen LogP) is 0.934. The maximum Gasteiger partial charge on any atom is 0.343 e. The van der Waals surface area contributed by atoms with Crippen LogP contribution in [0.1, 0.15) is 18.9 Å². The standard InChI is InChI=1S/C12H17N5OS/c1-3-9(13)6-8-4-5-10(14-7-8)19-12-16-15-11(18)17(12)2/h4-5,7,9H,3,6,13H2,1-2H3,(H,15,18). The van der Waals surface area contributed by atoms with Gasteiger partial charge in [0.25, 0.3) is 0 Å². The molecule has 2 aromatic rings. The number of hydrogen-bond acceptors (Lipinski definition) is 5. The first-order valence-electron chi connectivity index (χ1n) is 6.10. The highest BCUT2D eigenvalue weighted by Gasteiger charge is 2.08. The zero-order valence-corrected chi connectivity index (χ0v) is 11.8. The van der Waals surface area contributed by atoms with Crippen molar-refractivity contribution in [1.82, 2.24) is 19.7 Å². The van der Waals surface area contributed by atoms with Crippen LogP contribution in [-0.4, -0.2) is 25.8 Å². The van der Waals surface area contributed by atoms with E-state index in [1.54, 1.807) is 7.05 Å². The summed E-state index contributed by atoms with van der Waals surface area (Å²) in [6.45, 7) is 2.07. The second-order valence-corrected chi connectivity index (χ2v) is 5.34. The first kappa shape index (κ1) is 13.8. The second-order valence-electron chi connectivity index (χ2n) is 4.35. The molecule has 0 saturated carbocycles. The lowest BCUT2D eigenvalue weighted by Crippen LogP contribution is -2.21. The summed E-state index contributed by atoms with van der Waals surface area (Å²) in [7, 11) is 1.67. The molecule has 7 heteroatoms. The molecule has 2 aromatic heterocycles. The third-order valence-corrected chi connectivity index (χ3v) is 3.85. The topological polar surface area (TPSA) is 89.6 Å². The van der Waals surface area contributed by atoms with E-state index in [1.807, 2.05) is 18.3 Å². The lowest BCUT2D eigenvalue weighted by Gasteiger charge is -2.08. The highest BCUT2D eigenvalue weighted by atomic mass is 32.2. The van der Waals surface area contributed by atoms with Gasteiger partial charge in [0.1, 0.15) is 5.03 Å². The van der Waals surface area contributed by atoms with Crippen LogP contribution in [0, 0.1) is 0 Å². The number of nitrogens with one attached hydrogen (secondary N) is 1. The van der Waals surface area contributed by atoms with Crippen molar-refractivity contribution in [3.63, 3.8) is 0 Å². The van der Waals surface area contributed by atoms with Gasteiger partial charge in [-0.25, -0.2) is 14.9 Å². The fourth-order valence-electron chi connectivity index (χ4n) is 1.56. The Morgan fingerprint density at radius 2 is 2.32 bits per heavy atom. The molecule has 1 atom stereocenters. The van der Waals surface area contributed by atoms with Crippen molar-refractivity contribution < 1.29 is 0 Å². The Morgan fingerprint density at radius 3 is 2.84 bits per heavy atom. The molecule has 0 amide bonds. The van der Waals surface area contributed by atoms with Crippen molar-refractivity contribution in [3.8, 4) is 0 Å². The Bertz CT molecular complexity index is 589. The minimum atomic E-state index is -0.229. The van der Waals surface area contributed by atoms with Crippen LogP contribution in [0.3, 0.4) is 0 Å².